The van der Waals surface area contributed by atoms with E-state index in [4.69, 9.17) is 9.47 Å². The van der Waals surface area contributed by atoms with Crippen LogP contribution in [0.3, 0.4) is 0 Å². The number of rotatable bonds is 0. The van der Waals surface area contributed by atoms with E-state index in [2.05, 4.69) is 26.0 Å². The van der Waals surface area contributed by atoms with Crippen molar-refractivity contribution >= 4 is 5.78 Å². The van der Waals surface area contributed by atoms with E-state index in [1.165, 1.54) is 18.4 Å². The van der Waals surface area contributed by atoms with E-state index < -0.39 is 0 Å². The summed E-state index contributed by atoms with van der Waals surface area (Å²) >= 11 is 0. The lowest BCUT2D eigenvalue weighted by atomic mass is 9.56. The lowest BCUT2D eigenvalue weighted by Gasteiger charge is -2.59. The highest BCUT2D eigenvalue weighted by Gasteiger charge is 2.62. The van der Waals surface area contributed by atoms with Gasteiger partial charge in [-0.2, -0.15) is 0 Å². The molecule has 6 rings (SSSR count). The van der Waals surface area contributed by atoms with Crippen LogP contribution < -0.4 is 0 Å². The second kappa shape index (κ2) is 4.88. The molecule has 2 aliphatic carbocycles. The quantitative estimate of drug-likeness (QED) is 0.614. The third-order valence-corrected chi connectivity index (χ3v) is 8.04. The predicted molar refractivity (Wildman–Crippen MR) is 98.6 cm³/mol. The number of allylic oxidation sites excluding steroid dienone is 1. The van der Waals surface area contributed by atoms with Crippen LogP contribution in [0.1, 0.15) is 52.4 Å². The molecule has 0 aromatic rings. The van der Waals surface area contributed by atoms with E-state index in [-0.39, 0.29) is 34.9 Å². The van der Waals surface area contributed by atoms with Crippen LogP contribution in [0.5, 0.6) is 0 Å². The van der Waals surface area contributed by atoms with Crippen molar-refractivity contribution in [3.63, 3.8) is 0 Å². The number of ketones is 1. The third kappa shape index (κ3) is 1.65. The molecule has 0 aromatic heterocycles. The van der Waals surface area contributed by atoms with Gasteiger partial charge in [-0.05, 0) is 61.3 Å². The Morgan fingerprint density at radius 3 is 2.88 bits per heavy atom. The van der Waals surface area contributed by atoms with Gasteiger partial charge in [0.25, 0.3) is 0 Å². The molecule has 0 amide bonds. The molecule has 3 heteroatoms. The Morgan fingerprint density at radius 1 is 1.12 bits per heavy atom. The van der Waals surface area contributed by atoms with Crippen molar-refractivity contribution in [1.82, 2.24) is 0 Å². The van der Waals surface area contributed by atoms with Gasteiger partial charge in [-0.25, -0.2) is 0 Å². The standard InChI is InChI=1S/C23H26O3/c1-22(2)15-7-4-6-14(15)21-23(12-11-18(22)26-21)16-8-3-5-13(16)20-17(24)9-10-19(23)25-20/h3,5,9-10,18-21H,4,6-8,11-12H2,1-2H3/t18-,19-,20-,21-,23+/m1/s1. The Balaban J connectivity index is 1.57. The van der Waals surface area contributed by atoms with Crippen LogP contribution in [-0.2, 0) is 14.3 Å². The van der Waals surface area contributed by atoms with Gasteiger partial charge in [-0.15, -0.1) is 0 Å². The van der Waals surface area contributed by atoms with Gasteiger partial charge in [0.2, 0.25) is 0 Å². The summed E-state index contributed by atoms with van der Waals surface area (Å²) in [5.41, 5.74) is 5.80. The van der Waals surface area contributed by atoms with Crippen LogP contribution in [-0.4, -0.2) is 30.2 Å². The van der Waals surface area contributed by atoms with Crippen molar-refractivity contribution in [3.05, 3.63) is 46.6 Å². The molecular weight excluding hydrogens is 324 g/mol. The molecule has 0 unspecified atom stereocenters. The monoisotopic (exact) mass is 350 g/mol. The van der Waals surface area contributed by atoms with E-state index >= 15 is 0 Å². The highest BCUT2D eigenvalue weighted by molar-refractivity contribution is 5.98. The molecule has 1 fully saturated rings. The van der Waals surface area contributed by atoms with Gasteiger partial charge < -0.3 is 9.47 Å². The van der Waals surface area contributed by atoms with Gasteiger partial charge in [0.15, 0.2) is 5.78 Å². The summed E-state index contributed by atoms with van der Waals surface area (Å²) in [7, 11) is 0. The van der Waals surface area contributed by atoms with Gasteiger partial charge in [0.1, 0.15) is 6.10 Å². The fourth-order valence-corrected chi connectivity index (χ4v) is 6.81. The number of ether oxygens (including phenoxy) is 2. The van der Waals surface area contributed by atoms with Gasteiger partial charge >= 0.3 is 0 Å². The zero-order chi connectivity index (χ0) is 17.7. The number of hydrogen-bond donors (Lipinski definition) is 0. The molecule has 26 heavy (non-hydrogen) atoms. The third-order valence-electron chi connectivity index (χ3n) is 8.04. The number of carbonyl (C=O) groups is 1. The molecule has 1 saturated heterocycles. The second-order valence-electron chi connectivity index (χ2n) is 9.40. The van der Waals surface area contributed by atoms with Gasteiger partial charge in [0.05, 0.1) is 23.7 Å². The highest BCUT2D eigenvalue weighted by atomic mass is 16.5. The first-order valence-electron chi connectivity index (χ1n) is 10.2. The number of carbonyl (C=O) groups excluding carboxylic acids is 1. The van der Waals surface area contributed by atoms with Crippen molar-refractivity contribution in [2.75, 3.05) is 0 Å². The summed E-state index contributed by atoms with van der Waals surface area (Å²) in [5, 5.41) is 0. The lowest BCUT2D eigenvalue weighted by Crippen LogP contribution is -2.61. The summed E-state index contributed by atoms with van der Waals surface area (Å²) < 4.78 is 13.2. The van der Waals surface area contributed by atoms with Crippen molar-refractivity contribution in [1.29, 1.82) is 0 Å². The van der Waals surface area contributed by atoms with Crippen LogP contribution >= 0.6 is 0 Å². The predicted octanol–water partition coefficient (Wildman–Crippen LogP) is 4.20. The Morgan fingerprint density at radius 2 is 2.00 bits per heavy atom. The SMILES string of the molecule is CC1(C)C2=C(CCC2)[C@H]2O[C@@H]1CC[C@@]21C2=C(C=CC2)[C@H]2O[C@@H]1C=CC2=O. The molecular formula is C23H26O3. The fourth-order valence-electron chi connectivity index (χ4n) is 6.81. The van der Waals surface area contributed by atoms with Crippen LogP contribution in [0.4, 0.5) is 0 Å². The van der Waals surface area contributed by atoms with Crippen LogP contribution in [0.15, 0.2) is 46.6 Å². The Kier molecular flexibility index (Phi) is 2.93. The van der Waals surface area contributed by atoms with E-state index in [0.29, 0.717) is 6.10 Å². The summed E-state index contributed by atoms with van der Waals surface area (Å²) in [4.78, 5) is 12.4. The zero-order valence-corrected chi connectivity index (χ0v) is 15.6. The molecule has 6 aliphatic rings. The Hall–Kier alpha value is -1.45. The smallest absolute Gasteiger partial charge is 0.188 e. The first-order chi connectivity index (χ1) is 12.5. The molecule has 4 aliphatic heterocycles. The minimum Gasteiger partial charge on any atom is -0.369 e. The molecule has 0 aromatic carbocycles. The second-order valence-corrected chi connectivity index (χ2v) is 9.40. The largest absolute Gasteiger partial charge is 0.369 e. The molecule has 4 heterocycles. The average molecular weight is 350 g/mol. The first-order valence-corrected chi connectivity index (χ1v) is 10.2. The highest BCUT2D eigenvalue weighted by Crippen LogP contribution is 2.63. The zero-order valence-electron chi connectivity index (χ0n) is 15.6. The van der Waals surface area contributed by atoms with E-state index in [9.17, 15) is 4.79 Å². The van der Waals surface area contributed by atoms with Gasteiger partial charge in [0, 0.05) is 5.41 Å². The van der Waals surface area contributed by atoms with E-state index in [0.717, 1.165) is 31.3 Å². The molecule has 3 nitrogen and oxygen atoms in total. The van der Waals surface area contributed by atoms with Crippen molar-refractivity contribution in [2.45, 2.75) is 76.8 Å². The van der Waals surface area contributed by atoms with Crippen LogP contribution in [0.2, 0.25) is 0 Å². The maximum Gasteiger partial charge on any atom is 0.188 e. The number of fused-ring (bicyclic) bond motifs is 9. The van der Waals surface area contributed by atoms with Crippen molar-refractivity contribution < 1.29 is 14.3 Å². The molecule has 136 valence electrons. The van der Waals surface area contributed by atoms with Gasteiger partial charge in [-0.3, -0.25) is 4.79 Å². The molecule has 0 saturated carbocycles. The summed E-state index contributed by atoms with van der Waals surface area (Å²) in [6.45, 7) is 4.75. The number of hydrogen-bond acceptors (Lipinski definition) is 3. The van der Waals surface area contributed by atoms with Crippen molar-refractivity contribution in [3.8, 4) is 0 Å². The fraction of sp³-hybridized carbons (Fsp3) is 0.609. The van der Waals surface area contributed by atoms with Crippen molar-refractivity contribution in [2.24, 2.45) is 10.8 Å². The molecule has 0 radical (unpaired) electrons. The summed E-state index contributed by atoms with van der Waals surface area (Å²) in [6, 6.07) is 0. The van der Waals surface area contributed by atoms with Gasteiger partial charge in [-0.1, -0.05) is 37.6 Å². The van der Waals surface area contributed by atoms with E-state index in [1.807, 2.05) is 6.08 Å². The van der Waals surface area contributed by atoms with Crippen LogP contribution in [0, 0.1) is 10.8 Å². The molecule has 0 N–H and O–H groups in total. The topological polar surface area (TPSA) is 35.5 Å². The van der Waals surface area contributed by atoms with Crippen LogP contribution in [0.25, 0.3) is 0 Å². The maximum absolute atomic E-state index is 12.4. The first kappa shape index (κ1) is 15.6. The minimum absolute atomic E-state index is 0.0367. The minimum atomic E-state index is -0.390. The molecule has 5 atom stereocenters. The Labute approximate surface area is 154 Å². The molecule has 1 spiro atoms. The summed E-state index contributed by atoms with van der Waals surface area (Å²) in [5.74, 6) is 0.0929. The van der Waals surface area contributed by atoms with E-state index in [1.54, 1.807) is 17.2 Å². The Bertz CT molecular complexity index is 840. The normalized spacial score (nSPS) is 44.8. The maximum atomic E-state index is 12.4. The average Bonchev–Trinajstić information content (AvgIpc) is 3.30. The lowest BCUT2D eigenvalue weighted by molar-refractivity contribution is -0.189. The summed E-state index contributed by atoms with van der Waals surface area (Å²) in [6.07, 6.45) is 14.9. The molecule has 4 bridgehead atoms.